The van der Waals surface area contributed by atoms with Crippen LogP contribution in [0.1, 0.15) is 0 Å². The first-order chi connectivity index (χ1) is 4.88. The molecule has 0 aliphatic rings. The zero-order valence-corrected chi connectivity index (χ0v) is 7.32. The highest BCUT2D eigenvalue weighted by Crippen LogP contribution is 2.07. The molecule has 0 aliphatic heterocycles. The van der Waals surface area contributed by atoms with Gasteiger partial charge in [-0.05, 0) is 34.7 Å². The lowest BCUT2D eigenvalue weighted by Gasteiger charge is -1.93. The van der Waals surface area contributed by atoms with E-state index in [1.54, 1.807) is 6.20 Å². The van der Waals surface area contributed by atoms with E-state index in [2.05, 4.69) is 33.6 Å². The number of rotatable bonds is 0. The van der Waals surface area contributed by atoms with Gasteiger partial charge in [-0.3, -0.25) is 4.40 Å². The topological polar surface area (TPSA) is 17.3 Å². The third kappa shape index (κ3) is 0.811. The van der Waals surface area contributed by atoms with Crippen molar-refractivity contribution in [1.82, 2.24) is 9.38 Å². The zero-order valence-electron chi connectivity index (χ0n) is 5.16. The van der Waals surface area contributed by atoms with E-state index in [0.717, 1.165) is 5.65 Å². The number of nitrogens with zero attached hydrogens (tertiary/aromatic N) is 2. The maximum Gasteiger partial charge on any atom is 0.137 e. The largest absolute Gasteiger partial charge is 0.295 e. The summed E-state index contributed by atoms with van der Waals surface area (Å²) in [6.45, 7) is 0. The maximum absolute atomic E-state index is 4.14. The van der Waals surface area contributed by atoms with Crippen molar-refractivity contribution in [2.75, 3.05) is 0 Å². The van der Waals surface area contributed by atoms with E-state index in [9.17, 15) is 0 Å². The molecule has 10 heavy (non-hydrogen) atoms. The van der Waals surface area contributed by atoms with E-state index >= 15 is 0 Å². The Morgan fingerprint density at radius 1 is 1.40 bits per heavy atom. The van der Waals surface area contributed by atoms with Crippen molar-refractivity contribution in [3.63, 3.8) is 0 Å². The van der Waals surface area contributed by atoms with Gasteiger partial charge >= 0.3 is 0 Å². The Kier molecular flexibility index (Phi) is 1.37. The van der Waals surface area contributed by atoms with Crippen LogP contribution in [-0.2, 0) is 0 Å². The number of aromatic nitrogens is 2. The second kappa shape index (κ2) is 2.23. The smallest absolute Gasteiger partial charge is 0.137 e. The Hall–Kier alpha value is -0.580. The van der Waals surface area contributed by atoms with Crippen LogP contribution in [0, 0.1) is 3.70 Å². The summed E-state index contributed by atoms with van der Waals surface area (Å²) in [4.78, 5) is 4.14. The Labute approximate surface area is 72.0 Å². The van der Waals surface area contributed by atoms with Gasteiger partial charge in [0.15, 0.2) is 0 Å². The average molecular weight is 244 g/mol. The van der Waals surface area contributed by atoms with Crippen molar-refractivity contribution in [2.45, 2.75) is 0 Å². The second-order valence-electron chi connectivity index (χ2n) is 2.00. The average Bonchev–Trinajstić information content (AvgIpc) is 2.36. The molecular weight excluding hydrogens is 239 g/mol. The molecule has 0 radical (unpaired) electrons. The van der Waals surface area contributed by atoms with Crippen molar-refractivity contribution < 1.29 is 0 Å². The minimum absolute atomic E-state index is 1.01. The van der Waals surface area contributed by atoms with E-state index in [4.69, 9.17) is 0 Å². The van der Waals surface area contributed by atoms with Crippen molar-refractivity contribution >= 4 is 28.2 Å². The third-order valence-electron chi connectivity index (χ3n) is 1.38. The van der Waals surface area contributed by atoms with Crippen molar-refractivity contribution in [2.24, 2.45) is 0 Å². The second-order valence-corrected chi connectivity index (χ2v) is 3.11. The SMILES string of the molecule is Ic1cccc2nccn12. The molecule has 0 atom stereocenters. The van der Waals surface area contributed by atoms with E-state index in [-0.39, 0.29) is 0 Å². The van der Waals surface area contributed by atoms with Gasteiger partial charge < -0.3 is 0 Å². The Bertz CT molecular complexity index is 353. The molecule has 0 spiro atoms. The molecule has 0 aromatic carbocycles. The highest BCUT2D eigenvalue weighted by atomic mass is 127. The van der Waals surface area contributed by atoms with Crippen molar-refractivity contribution in [1.29, 1.82) is 0 Å². The molecule has 0 amide bonds. The monoisotopic (exact) mass is 244 g/mol. The van der Waals surface area contributed by atoms with Gasteiger partial charge in [0.25, 0.3) is 0 Å². The van der Waals surface area contributed by atoms with Crippen molar-refractivity contribution in [3.8, 4) is 0 Å². The molecule has 0 saturated carbocycles. The summed E-state index contributed by atoms with van der Waals surface area (Å²) < 4.78 is 3.23. The van der Waals surface area contributed by atoms with Crippen LogP contribution in [0.15, 0.2) is 30.6 Å². The fourth-order valence-electron chi connectivity index (χ4n) is 0.913. The number of hydrogen-bond acceptors (Lipinski definition) is 1. The van der Waals surface area contributed by atoms with Crippen LogP contribution >= 0.6 is 22.6 Å². The molecule has 2 aromatic heterocycles. The van der Waals surface area contributed by atoms with Gasteiger partial charge in [0.05, 0.1) is 3.70 Å². The molecule has 0 saturated heterocycles. The van der Waals surface area contributed by atoms with Gasteiger partial charge in [-0.25, -0.2) is 4.98 Å². The predicted molar refractivity (Wildman–Crippen MR) is 47.9 cm³/mol. The summed E-state index contributed by atoms with van der Waals surface area (Å²) in [5.41, 5.74) is 1.01. The van der Waals surface area contributed by atoms with Crippen LogP contribution in [0.5, 0.6) is 0 Å². The Morgan fingerprint density at radius 3 is 3.10 bits per heavy atom. The van der Waals surface area contributed by atoms with Gasteiger partial charge in [-0.2, -0.15) is 0 Å². The summed E-state index contributed by atoms with van der Waals surface area (Å²) in [6, 6.07) is 6.04. The number of hydrogen-bond donors (Lipinski definition) is 0. The Morgan fingerprint density at radius 2 is 2.30 bits per heavy atom. The molecule has 0 fully saturated rings. The van der Waals surface area contributed by atoms with E-state index < -0.39 is 0 Å². The number of pyridine rings is 1. The number of imidazole rings is 1. The molecule has 0 bridgehead atoms. The number of halogens is 1. The Balaban J connectivity index is 2.95. The first-order valence-corrected chi connectivity index (χ1v) is 4.03. The standard InChI is InChI=1S/C7H5IN2/c8-6-2-1-3-7-9-4-5-10(6)7/h1-5H. The molecule has 3 heteroatoms. The van der Waals surface area contributed by atoms with Gasteiger partial charge in [-0.15, -0.1) is 0 Å². The van der Waals surface area contributed by atoms with Crippen molar-refractivity contribution in [3.05, 3.63) is 34.3 Å². The molecule has 2 aromatic rings. The van der Waals surface area contributed by atoms with Gasteiger partial charge in [0.1, 0.15) is 5.65 Å². The van der Waals surface area contributed by atoms with Gasteiger partial charge in [-0.1, -0.05) is 6.07 Å². The van der Waals surface area contributed by atoms with Gasteiger partial charge in [0, 0.05) is 12.4 Å². The van der Waals surface area contributed by atoms with Gasteiger partial charge in [0.2, 0.25) is 0 Å². The molecule has 2 heterocycles. The minimum Gasteiger partial charge on any atom is -0.295 e. The zero-order chi connectivity index (χ0) is 6.97. The minimum atomic E-state index is 1.01. The highest BCUT2D eigenvalue weighted by Gasteiger charge is 1.93. The summed E-state index contributed by atoms with van der Waals surface area (Å²) in [5.74, 6) is 0. The number of fused-ring (bicyclic) bond motifs is 1. The molecule has 0 N–H and O–H groups in total. The quantitative estimate of drug-likeness (QED) is 0.511. The molecular formula is C7H5IN2. The fourth-order valence-corrected chi connectivity index (χ4v) is 1.53. The van der Waals surface area contributed by atoms with Crippen LogP contribution in [0.3, 0.4) is 0 Å². The highest BCUT2D eigenvalue weighted by molar-refractivity contribution is 14.1. The van der Waals surface area contributed by atoms with E-state index in [1.165, 1.54) is 3.70 Å². The maximum atomic E-state index is 4.14. The molecule has 50 valence electrons. The first kappa shape index (κ1) is 6.15. The molecule has 0 unspecified atom stereocenters. The fraction of sp³-hybridized carbons (Fsp3) is 0. The third-order valence-corrected chi connectivity index (χ3v) is 2.26. The first-order valence-electron chi connectivity index (χ1n) is 2.95. The molecule has 2 nitrogen and oxygen atoms in total. The molecule has 0 aliphatic carbocycles. The van der Waals surface area contributed by atoms with Crippen LogP contribution in [-0.4, -0.2) is 9.38 Å². The van der Waals surface area contributed by atoms with Crippen LogP contribution in [0.2, 0.25) is 0 Å². The summed E-state index contributed by atoms with van der Waals surface area (Å²) >= 11 is 2.28. The van der Waals surface area contributed by atoms with Crippen LogP contribution in [0.4, 0.5) is 0 Å². The van der Waals surface area contributed by atoms with Crippen LogP contribution in [0.25, 0.3) is 5.65 Å². The lowest BCUT2D eigenvalue weighted by atomic mass is 10.5. The summed E-state index contributed by atoms with van der Waals surface area (Å²) in [7, 11) is 0. The normalized spacial score (nSPS) is 10.5. The molecule has 2 rings (SSSR count). The van der Waals surface area contributed by atoms with E-state index in [1.807, 2.05) is 22.7 Å². The lowest BCUT2D eigenvalue weighted by Crippen LogP contribution is -1.86. The van der Waals surface area contributed by atoms with E-state index in [0.29, 0.717) is 0 Å². The predicted octanol–water partition coefficient (Wildman–Crippen LogP) is 1.94. The summed E-state index contributed by atoms with van der Waals surface area (Å²) in [5, 5.41) is 0. The lowest BCUT2D eigenvalue weighted by molar-refractivity contribution is 1.14. The summed E-state index contributed by atoms with van der Waals surface area (Å²) in [6.07, 6.45) is 3.76. The van der Waals surface area contributed by atoms with Crippen LogP contribution < -0.4 is 0 Å².